The Morgan fingerprint density at radius 2 is 1.79 bits per heavy atom. The average molecular weight is 380 g/mol. The fourth-order valence-electron chi connectivity index (χ4n) is 3.30. The maximum Gasteiger partial charge on any atom is 0.263 e. The molecule has 0 radical (unpaired) electrons. The number of amides is 1. The fourth-order valence-corrected chi connectivity index (χ4v) is 3.30. The van der Waals surface area contributed by atoms with Crippen LogP contribution in [0.2, 0.25) is 0 Å². The highest BCUT2D eigenvalue weighted by molar-refractivity contribution is 5.99. The molecule has 0 spiro atoms. The first-order chi connectivity index (χ1) is 13.3. The summed E-state index contributed by atoms with van der Waals surface area (Å²) < 4.78 is 1.60. The van der Waals surface area contributed by atoms with Crippen LogP contribution in [-0.2, 0) is 4.79 Å². The predicted octanol–water partition coefficient (Wildman–Crippen LogP) is 4.39. The van der Waals surface area contributed by atoms with Crippen molar-refractivity contribution in [2.24, 2.45) is 10.4 Å². The van der Waals surface area contributed by atoms with Crippen LogP contribution in [0.5, 0.6) is 0 Å². The second-order valence-corrected chi connectivity index (χ2v) is 8.44. The molecule has 1 aliphatic carbocycles. The van der Waals surface area contributed by atoms with Crippen LogP contribution in [0, 0.1) is 5.41 Å². The van der Waals surface area contributed by atoms with E-state index in [0.717, 1.165) is 12.8 Å². The molecule has 1 aromatic carbocycles. The van der Waals surface area contributed by atoms with Crippen molar-refractivity contribution >= 4 is 17.5 Å². The highest BCUT2D eigenvalue weighted by Gasteiger charge is 2.21. The predicted molar refractivity (Wildman–Crippen MR) is 111 cm³/mol. The third-order valence-corrected chi connectivity index (χ3v) is 5.00. The zero-order valence-electron chi connectivity index (χ0n) is 16.9. The van der Waals surface area contributed by atoms with Crippen molar-refractivity contribution in [2.75, 3.05) is 5.32 Å². The van der Waals surface area contributed by atoms with E-state index in [1.54, 1.807) is 35.0 Å². The van der Waals surface area contributed by atoms with Gasteiger partial charge in [0.1, 0.15) is 5.49 Å². The van der Waals surface area contributed by atoms with E-state index in [0.29, 0.717) is 16.7 Å². The number of pyridine rings is 1. The fraction of sp³-hybridized carbons (Fsp3) is 0.435. The van der Waals surface area contributed by atoms with Crippen molar-refractivity contribution in [3.63, 3.8) is 0 Å². The van der Waals surface area contributed by atoms with E-state index in [2.05, 4.69) is 5.32 Å². The van der Waals surface area contributed by atoms with Gasteiger partial charge in [0, 0.05) is 22.9 Å². The van der Waals surface area contributed by atoms with E-state index < -0.39 is 5.41 Å². The Bertz CT molecular complexity index is 916. The minimum Gasteiger partial charge on any atom is -0.326 e. The van der Waals surface area contributed by atoms with E-state index in [1.165, 1.54) is 19.3 Å². The Hall–Kier alpha value is -2.69. The highest BCUT2D eigenvalue weighted by atomic mass is 16.2. The molecule has 1 fully saturated rings. The van der Waals surface area contributed by atoms with Crippen LogP contribution in [0.4, 0.5) is 5.69 Å². The summed E-state index contributed by atoms with van der Waals surface area (Å²) in [5, 5.41) is 2.89. The van der Waals surface area contributed by atoms with Crippen LogP contribution in [0.3, 0.4) is 0 Å². The van der Waals surface area contributed by atoms with Gasteiger partial charge in [0.2, 0.25) is 5.91 Å². The smallest absolute Gasteiger partial charge is 0.263 e. The number of benzene rings is 1. The first-order valence-electron chi connectivity index (χ1n) is 10.0. The lowest BCUT2D eigenvalue weighted by molar-refractivity contribution is -0.123. The molecule has 0 aliphatic heterocycles. The summed E-state index contributed by atoms with van der Waals surface area (Å²) in [6.45, 7) is 5.57. The number of hydrogen-bond donors (Lipinski definition) is 1. The summed E-state index contributed by atoms with van der Waals surface area (Å²) in [6.07, 6.45) is 7.58. The van der Waals surface area contributed by atoms with Gasteiger partial charge in [-0.3, -0.25) is 19.1 Å². The molecule has 1 aliphatic rings. The van der Waals surface area contributed by atoms with E-state index in [-0.39, 0.29) is 17.9 Å². The standard InChI is InChI=1S/C23H29N3O2/c1-23(2,3)22(28)25-19-13-9-10-17(16-19)21(27)26-15-8-7-14-20(26)24-18-11-5-4-6-12-18/h7-10,13-16,18H,4-6,11-12H2,1-3H3,(H,25,28). The molecular weight excluding hydrogens is 350 g/mol. The molecule has 28 heavy (non-hydrogen) atoms. The molecule has 1 heterocycles. The zero-order chi connectivity index (χ0) is 20.1. The van der Waals surface area contributed by atoms with Gasteiger partial charge in [-0.15, -0.1) is 0 Å². The number of nitrogens with one attached hydrogen (secondary N) is 1. The topological polar surface area (TPSA) is 63.5 Å². The quantitative estimate of drug-likeness (QED) is 0.859. The summed E-state index contributed by atoms with van der Waals surface area (Å²) in [5.41, 5.74) is 1.32. The first-order valence-corrected chi connectivity index (χ1v) is 10.0. The molecule has 1 N–H and O–H groups in total. The highest BCUT2D eigenvalue weighted by Crippen LogP contribution is 2.20. The lowest BCUT2D eigenvalue weighted by Gasteiger charge is -2.18. The van der Waals surface area contributed by atoms with Crippen LogP contribution < -0.4 is 10.8 Å². The summed E-state index contributed by atoms with van der Waals surface area (Å²) >= 11 is 0. The molecule has 0 unspecified atom stereocenters. The number of anilines is 1. The van der Waals surface area contributed by atoms with Gasteiger partial charge in [0.25, 0.3) is 5.91 Å². The van der Waals surface area contributed by atoms with Crippen molar-refractivity contribution < 1.29 is 9.59 Å². The van der Waals surface area contributed by atoms with Crippen molar-refractivity contribution in [2.45, 2.75) is 58.9 Å². The lowest BCUT2D eigenvalue weighted by Crippen LogP contribution is -2.30. The molecule has 0 saturated heterocycles. The normalized spacial score (nSPS) is 16.0. The Kier molecular flexibility index (Phi) is 6.12. The Balaban J connectivity index is 1.88. The van der Waals surface area contributed by atoms with E-state index in [9.17, 15) is 9.59 Å². The first kappa shape index (κ1) is 20.1. The third-order valence-electron chi connectivity index (χ3n) is 5.00. The summed E-state index contributed by atoms with van der Waals surface area (Å²) in [7, 11) is 0. The molecular formula is C23H29N3O2. The van der Waals surface area contributed by atoms with E-state index in [4.69, 9.17) is 4.99 Å². The zero-order valence-corrected chi connectivity index (χ0v) is 16.9. The largest absolute Gasteiger partial charge is 0.326 e. The number of carbonyl (C=O) groups excluding carboxylic acids is 2. The van der Waals surface area contributed by atoms with Crippen molar-refractivity contribution in [3.8, 4) is 0 Å². The van der Waals surface area contributed by atoms with Crippen molar-refractivity contribution in [1.82, 2.24) is 4.57 Å². The maximum absolute atomic E-state index is 13.1. The van der Waals surface area contributed by atoms with E-state index >= 15 is 0 Å². The summed E-state index contributed by atoms with van der Waals surface area (Å²) in [4.78, 5) is 30.2. The average Bonchev–Trinajstić information content (AvgIpc) is 2.68. The molecule has 0 atom stereocenters. The van der Waals surface area contributed by atoms with Gasteiger partial charge >= 0.3 is 0 Å². The maximum atomic E-state index is 13.1. The Morgan fingerprint density at radius 3 is 2.50 bits per heavy atom. The summed E-state index contributed by atoms with van der Waals surface area (Å²) in [6, 6.07) is 13.0. The number of rotatable bonds is 3. The molecule has 1 aromatic heterocycles. The molecule has 0 bridgehead atoms. The lowest BCUT2D eigenvalue weighted by atomic mass is 9.95. The van der Waals surface area contributed by atoms with Crippen molar-refractivity contribution in [3.05, 3.63) is 59.7 Å². The van der Waals surface area contributed by atoms with Gasteiger partial charge in [-0.1, -0.05) is 52.2 Å². The molecule has 3 rings (SSSR count). The van der Waals surface area contributed by atoms with Crippen LogP contribution in [0.15, 0.2) is 53.7 Å². The number of carbonyl (C=O) groups is 2. The van der Waals surface area contributed by atoms with Gasteiger partial charge in [-0.25, -0.2) is 0 Å². The van der Waals surface area contributed by atoms with Crippen LogP contribution in [0.1, 0.15) is 63.2 Å². The Morgan fingerprint density at radius 1 is 1.04 bits per heavy atom. The van der Waals surface area contributed by atoms with Gasteiger partial charge in [0.05, 0.1) is 6.04 Å². The number of nitrogens with zero attached hydrogens (tertiary/aromatic N) is 2. The second kappa shape index (κ2) is 8.55. The monoisotopic (exact) mass is 379 g/mol. The number of hydrogen-bond acceptors (Lipinski definition) is 3. The van der Waals surface area contributed by atoms with Gasteiger partial charge in [-0.05, 0) is 43.2 Å². The molecule has 5 heteroatoms. The van der Waals surface area contributed by atoms with Gasteiger partial charge in [-0.2, -0.15) is 0 Å². The number of aromatic nitrogens is 1. The minimum absolute atomic E-state index is 0.0857. The van der Waals surface area contributed by atoms with Crippen LogP contribution >= 0.6 is 0 Å². The molecule has 148 valence electrons. The third kappa shape index (κ3) is 4.97. The van der Waals surface area contributed by atoms with E-state index in [1.807, 2.05) is 39.0 Å². The molecule has 5 nitrogen and oxygen atoms in total. The molecule has 1 amide bonds. The molecule has 2 aromatic rings. The van der Waals surface area contributed by atoms with Crippen LogP contribution in [0.25, 0.3) is 0 Å². The van der Waals surface area contributed by atoms with Gasteiger partial charge < -0.3 is 5.32 Å². The summed E-state index contributed by atoms with van der Waals surface area (Å²) in [5.74, 6) is -0.237. The van der Waals surface area contributed by atoms with Crippen molar-refractivity contribution in [1.29, 1.82) is 0 Å². The SMILES string of the molecule is CC(C)(C)C(=O)Nc1cccc(C(=O)n2ccccc2=NC2CCCCC2)c1. The minimum atomic E-state index is -0.500. The Labute approximate surface area is 166 Å². The van der Waals surface area contributed by atoms with Gasteiger partial charge in [0.15, 0.2) is 0 Å². The second-order valence-electron chi connectivity index (χ2n) is 8.44. The van der Waals surface area contributed by atoms with Crippen LogP contribution in [-0.4, -0.2) is 22.4 Å². The molecule has 1 saturated carbocycles.